The van der Waals surface area contributed by atoms with E-state index in [1.165, 1.54) is 0 Å². The Morgan fingerprint density at radius 3 is 2.58 bits per heavy atom. The molecule has 1 aromatic carbocycles. The Morgan fingerprint density at radius 2 is 2.05 bits per heavy atom. The molecule has 19 heavy (non-hydrogen) atoms. The third kappa shape index (κ3) is 3.62. The van der Waals surface area contributed by atoms with Gasteiger partial charge in [-0.1, -0.05) is 24.4 Å². The molecule has 1 aromatic heterocycles. The fraction of sp³-hybridized carbons (Fsp3) is 0.154. The van der Waals surface area contributed by atoms with Crippen LogP contribution in [0.3, 0.4) is 0 Å². The Bertz CT molecular complexity index is 603. The van der Waals surface area contributed by atoms with Crippen molar-refractivity contribution in [3.63, 3.8) is 0 Å². The van der Waals surface area contributed by atoms with Crippen LogP contribution in [0.15, 0.2) is 36.5 Å². The Morgan fingerprint density at radius 1 is 1.37 bits per heavy atom. The van der Waals surface area contributed by atoms with E-state index in [1.54, 1.807) is 24.0 Å². The number of nitrogens with one attached hydrogen (secondary N) is 1. The van der Waals surface area contributed by atoms with Gasteiger partial charge in [0, 0.05) is 25.4 Å². The summed E-state index contributed by atoms with van der Waals surface area (Å²) in [6, 6.07) is 9.06. The van der Waals surface area contributed by atoms with Crippen LogP contribution in [0.25, 0.3) is 0 Å². The molecule has 2 rings (SSSR count). The summed E-state index contributed by atoms with van der Waals surface area (Å²) in [4.78, 5) is 12.3. The van der Waals surface area contributed by atoms with Crippen LogP contribution in [-0.4, -0.2) is 20.7 Å². The molecule has 0 saturated heterocycles. The summed E-state index contributed by atoms with van der Waals surface area (Å²) in [6.07, 6.45) is 2.28. The maximum Gasteiger partial charge on any atom is 0.276 e. The summed E-state index contributed by atoms with van der Waals surface area (Å²) < 4.78 is 1.58. The van der Waals surface area contributed by atoms with E-state index in [2.05, 4.69) is 10.4 Å². The quantitative estimate of drug-likeness (QED) is 0.829. The summed E-state index contributed by atoms with van der Waals surface area (Å²) in [5.74, 6) is -0.234. The third-order valence-electron chi connectivity index (χ3n) is 2.54. The first-order chi connectivity index (χ1) is 9.04. The number of aryl methyl sites for hydroxylation is 1. The molecule has 0 fully saturated rings. The first-order valence-electron chi connectivity index (χ1n) is 5.73. The van der Waals surface area contributed by atoms with Crippen LogP contribution < -0.4 is 11.1 Å². The lowest BCUT2D eigenvalue weighted by Gasteiger charge is -2.05. The lowest BCUT2D eigenvalue weighted by molar-refractivity contribution is 0.102. The molecule has 98 valence electrons. The molecular weight excluding hydrogens is 260 g/mol. The summed E-state index contributed by atoms with van der Waals surface area (Å²) in [6.45, 7) is 0. The van der Waals surface area contributed by atoms with Gasteiger partial charge in [-0.2, -0.15) is 5.10 Å². The molecule has 0 saturated carbocycles. The highest BCUT2D eigenvalue weighted by molar-refractivity contribution is 7.80. The Labute approximate surface area is 116 Å². The minimum absolute atomic E-state index is 0.234. The molecule has 6 heteroatoms. The second-order valence-corrected chi connectivity index (χ2v) is 4.69. The lowest BCUT2D eigenvalue weighted by atomic mass is 10.1. The second kappa shape index (κ2) is 5.62. The van der Waals surface area contributed by atoms with E-state index in [9.17, 15) is 4.79 Å². The molecule has 0 aliphatic carbocycles. The number of amides is 1. The normalized spacial score (nSPS) is 10.2. The fourth-order valence-corrected chi connectivity index (χ4v) is 1.81. The molecule has 1 heterocycles. The van der Waals surface area contributed by atoms with E-state index in [1.807, 2.05) is 24.3 Å². The number of thiocarbonyl (C=S) groups is 1. The zero-order chi connectivity index (χ0) is 13.8. The van der Waals surface area contributed by atoms with Crippen LogP contribution in [0.5, 0.6) is 0 Å². The first-order valence-corrected chi connectivity index (χ1v) is 6.13. The van der Waals surface area contributed by atoms with Gasteiger partial charge in [-0.3, -0.25) is 9.48 Å². The average Bonchev–Trinajstić information content (AvgIpc) is 2.78. The number of benzene rings is 1. The van der Waals surface area contributed by atoms with Gasteiger partial charge >= 0.3 is 0 Å². The Balaban J connectivity index is 2.03. The van der Waals surface area contributed by atoms with Crippen molar-refractivity contribution in [1.29, 1.82) is 0 Å². The van der Waals surface area contributed by atoms with E-state index in [-0.39, 0.29) is 5.91 Å². The SMILES string of the molecule is Cn1ccc(C(=O)Nc2ccc(CC(N)=S)cc2)n1. The van der Waals surface area contributed by atoms with Crippen molar-refractivity contribution in [2.45, 2.75) is 6.42 Å². The average molecular weight is 274 g/mol. The zero-order valence-electron chi connectivity index (χ0n) is 10.5. The van der Waals surface area contributed by atoms with Crippen LogP contribution >= 0.6 is 12.2 Å². The number of anilines is 1. The largest absolute Gasteiger partial charge is 0.393 e. The predicted molar refractivity (Wildman–Crippen MR) is 78.1 cm³/mol. The highest BCUT2D eigenvalue weighted by atomic mass is 32.1. The molecule has 5 nitrogen and oxygen atoms in total. The van der Waals surface area contributed by atoms with Gasteiger partial charge in [-0.05, 0) is 23.8 Å². The van der Waals surface area contributed by atoms with Gasteiger partial charge in [-0.25, -0.2) is 0 Å². The number of rotatable bonds is 4. The van der Waals surface area contributed by atoms with Gasteiger partial charge in [0.15, 0.2) is 5.69 Å². The highest BCUT2D eigenvalue weighted by Gasteiger charge is 2.08. The van der Waals surface area contributed by atoms with Crippen molar-refractivity contribution in [1.82, 2.24) is 9.78 Å². The smallest absolute Gasteiger partial charge is 0.276 e. The second-order valence-electron chi connectivity index (χ2n) is 4.17. The van der Waals surface area contributed by atoms with Crippen molar-refractivity contribution in [2.75, 3.05) is 5.32 Å². The minimum atomic E-state index is -0.234. The molecule has 0 bridgehead atoms. The topological polar surface area (TPSA) is 72.9 Å². The van der Waals surface area contributed by atoms with Crippen molar-refractivity contribution >= 4 is 28.8 Å². The number of nitrogens with two attached hydrogens (primary N) is 1. The zero-order valence-corrected chi connectivity index (χ0v) is 11.3. The van der Waals surface area contributed by atoms with E-state index >= 15 is 0 Å². The van der Waals surface area contributed by atoms with Gasteiger partial charge in [0.05, 0.1) is 4.99 Å². The number of hydrogen-bond acceptors (Lipinski definition) is 3. The van der Waals surface area contributed by atoms with Gasteiger partial charge in [0.1, 0.15) is 0 Å². The molecule has 1 amide bonds. The van der Waals surface area contributed by atoms with Gasteiger partial charge in [-0.15, -0.1) is 0 Å². The van der Waals surface area contributed by atoms with E-state index in [0.717, 1.165) is 5.56 Å². The molecule has 0 atom stereocenters. The Hall–Kier alpha value is -2.21. The molecular formula is C13H14N4OS. The third-order valence-corrected chi connectivity index (χ3v) is 2.68. The Kier molecular flexibility index (Phi) is 3.91. The van der Waals surface area contributed by atoms with Crippen LogP contribution in [0.4, 0.5) is 5.69 Å². The first kappa shape index (κ1) is 13.2. The summed E-state index contributed by atoms with van der Waals surface area (Å²) in [5, 5.41) is 6.81. The van der Waals surface area contributed by atoms with Crippen LogP contribution in [-0.2, 0) is 13.5 Å². The fourth-order valence-electron chi connectivity index (χ4n) is 1.64. The van der Waals surface area contributed by atoms with Gasteiger partial charge < -0.3 is 11.1 Å². The van der Waals surface area contributed by atoms with Gasteiger partial charge in [0.2, 0.25) is 0 Å². The predicted octanol–water partition coefficient (Wildman–Crippen LogP) is 1.50. The standard InChI is InChI=1S/C13H14N4OS/c1-17-7-6-11(16-17)13(18)15-10-4-2-9(3-5-10)8-12(14)19/h2-7H,8H2,1H3,(H2,14,19)(H,15,18). The minimum Gasteiger partial charge on any atom is -0.393 e. The number of hydrogen-bond donors (Lipinski definition) is 2. The summed E-state index contributed by atoms with van der Waals surface area (Å²) in [5.41, 5.74) is 7.58. The van der Waals surface area contributed by atoms with E-state index in [0.29, 0.717) is 22.8 Å². The van der Waals surface area contributed by atoms with Crippen molar-refractivity contribution in [2.24, 2.45) is 12.8 Å². The molecule has 0 aliphatic heterocycles. The van der Waals surface area contributed by atoms with Crippen LogP contribution in [0.1, 0.15) is 16.1 Å². The lowest BCUT2D eigenvalue weighted by Crippen LogP contribution is -2.13. The molecule has 0 spiro atoms. The van der Waals surface area contributed by atoms with Crippen molar-refractivity contribution in [3.05, 3.63) is 47.8 Å². The van der Waals surface area contributed by atoms with Crippen molar-refractivity contribution < 1.29 is 4.79 Å². The number of carbonyl (C=O) groups is 1. The monoisotopic (exact) mass is 274 g/mol. The maximum absolute atomic E-state index is 11.9. The molecule has 0 radical (unpaired) electrons. The highest BCUT2D eigenvalue weighted by Crippen LogP contribution is 2.11. The van der Waals surface area contributed by atoms with Crippen LogP contribution in [0, 0.1) is 0 Å². The van der Waals surface area contributed by atoms with E-state index in [4.69, 9.17) is 18.0 Å². The summed E-state index contributed by atoms with van der Waals surface area (Å²) >= 11 is 4.84. The molecule has 3 N–H and O–H groups in total. The van der Waals surface area contributed by atoms with Gasteiger partial charge in [0.25, 0.3) is 5.91 Å². The molecule has 0 unspecified atom stereocenters. The maximum atomic E-state index is 11.9. The number of nitrogens with zero attached hydrogens (tertiary/aromatic N) is 2. The van der Waals surface area contributed by atoms with Crippen LogP contribution in [0.2, 0.25) is 0 Å². The molecule has 0 aliphatic rings. The number of carbonyl (C=O) groups excluding carboxylic acids is 1. The molecule has 2 aromatic rings. The van der Waals surface area contributed by atoms with Crippen molar-refractivity contribution in [3.8, 4) is 0 Å². The summed E-state index contributed by atoms with van der Waals surface area (Å²) in [7, 11) is 1.77. The van der Waals surface area contributed by atoms with E-state index < -0.39 is 0 Å². The number of aromatic nitrogens is 2.